The van der Waals surface area contributed by atoms with Crippen LogP contribution in [0.5, 0.6) is 0 Å². The maximum Gasteiger partial charge on any atom is 0.176 e. The van der Waals surface area contributed by atoms with Crippen molar-refractivity contribution >= 4 is 5.78 Å². The lowest BCUT2D eigenvalue weighted by Crippen LogP contribution is -2.27. The summed E-state index contributed by atoms with van der Waals surface area (Å²) in [4.78, 5) is 14.0. The van der Waals surface area contributed by atoms with E-state index in [1.807, 2.05) is 13.1 Å². The molecule has 0 aliphatic heterocycles. The highest BCUT2D eigenvalue weighted by molar-refractivity contribution is 5.97. The van der Waals surface area contributed by atoms with Crippen LogP contribution in [0.25, 0.3) is 0 Å². The molecule has 2 rings (SSSR count). The number of nitrogens with zero attached hydrogens (tertiary/aromatic N) is 2. The Morgan fingerprint density at radius 3 is 2.56 bits per heavy atom. The summed E-state index contributed by atoms with van der Waals surface area (Å²) < 4.78 is 0. The summed E-state index contributed by atoms with van der Waals surface area (Å²) >= 11 is 0. The predicted octanol–water partition coefficient (Wildman–Crippen LogP) is 1.84. The molecule has 0 saturated heterocycles. The van der Waals surface area contributed by atoms with Crippen molar-refractivity contribution in [1.82, 2.24) is 4.90 Å². The lowest BCUT2D eigenvalue weighted by atomic mass is 10.1. The van der Waals surface area contributed by atoms with Crippen LogP contribution >= 0.6 is 0 Å². The third-order valence-electron chi connectivity index (χ3n) is 2.90. The Morgan fingerprint density at radius 2 is 2.06 bits per heavy atom. The van der Waals surface area contributed by atoms with Crippen molar-refractivity contribution in [2.75, 3.05) is 13.6 Å². The summed E-state index contributed by atoms with van der Waals surface area (Å²) in [5.74, 6) is 0.124. The summed E-state index contributed by atoms with van der Waals surface area (Å²) in [5.41, 5.74) is 1.28. The average Bonchev–Trinajstić information content (AvgIpc) is 3.13. The molecule has 0 N–H and O–H groups in total. The zero-order valence-corrected chi connectivity index (χ0v) is 9.31. The molecule has 0 spiro atoms. The van der Waals surface area contributed by atoms with E-state index < -0.39 is 0 Å². The van der Waals surface area contributed by atoms with Crippen molar-refractivity contribution in [2.24, 2.45) is 0 Å². The smallest absolute Gasteiger partial charge is 0.176 e. The number of nitriles is 1. The van der Waals surface area contributed by atoms with Crippen LogP contribution in [0.1, 0.15) is 28.8 Å². The number of carbonyl (C=O) groups is 1. The van der Waals surface area contributed by atoms with Crippen molar-refractivity contribution in [3.63, 3.8) is 0 Å². The zero-order valence-electron chi connectivity index (χ0n) is 9.31. The van der Waals surface area contributed by atoms with Gasteiger partial charge >= 0.3 is 0 Å². The highest BCUT2D eigenvalue weighted by Crippen LogP contribution is 2.25. The van der Waals surface area contributed by atoms with Gasteiger partial charge in [0.25, 0.3) is 0 Å². The van der Waals surface area contributed by atoms with E-state index >= 15 is 0 Å². The number of hydrogen-bond acceptors (Lipinski definition) is 3. The first-order valence-corrected chi connectivity index (χ1v) is 5.44. The summed E-state index contributed by atoms with van der Waals surface area (Å²) in [6, 6.07) is 9.46. The first-order valence-electron chi connectivity index (χ1n) is 5.44. The Balaban J connectivity index is 2.00. The number of Topliss-reactive ketones (excluding diaryl/α,β-unsaturated/α-hetero) is 1. The number of carbonyl (C=O) groups excluding carboxylic acids is 1. The van der Waals surface area contributed by atoms with Gasteiger partial charge in [-0.1, -0.05) is 12.1 Å². The van der Waals surface area contributed by atoms with E-state index in [1.54, 1.807) is 24.3 Å². The second-order valence-electron chi connectivity index (χ2n) is 4.26. The van der Waals surface area contributed by atoms with E-state index in [0.717, 1.165) is 0 Å². The lowest BCUT2D eigenvalue weighted by Gasteiger charge is -2.14. The maximum atomic E-state index is 11.9. The molecule has 0 aromatic heterocycles. The Morgan fingerprint density at radius 1 is 1.44 bits per heavy atom. The summed E-state index contributed by atoms with van der Waals surface area (Å²) in [5, 5.41) is 8.65. The van der Waals surface area contributed by atoms with E-state index in [9.17, 15) is 4.79 Å². The van der Waals surface area contributed by atoms with E-state index in [-0.39, 0.29) is 5.78 Å². The van der Waals surface area contributed by atoms with Gasteiger partial charge in [-0.25, -0.2) is 0 Å². The van der Waals surface area contributed by atoms with Gasteiger partial charge in [-0.05, 0) is 32.0 Å². The second-order valence-corrected chi connectivity index (χ2v) is 4.26. The van der Waals surface area contributed by atoms with Crippen molar-refractivity contribution < 1.29 is 4.79 Å². The van der Waals surface area contributed by atoms with Crippen molar-refractivity contribution in [3.8, 4) is 6.07 Å². The molecule has 82 valence electrons. The highest BCUT2D eigenvalue weighted by Gasteiger charge is 2.27. The van der Waals surface area contributed by atoms with E-state index in [4.69, 9.17) is 5.26 Å². The lowest BCUT2D eigenvalue weighted by molar-refractivity contribution is 0.0942. The standard InChI is InChI=1S/C13H14N2O/c1-15(12-6-7-12)9-13(16)11-4-2-10(8-14)3-5-11/h2-5,12H,6-7,9H2,1H3. The van der Waals surface area contributed by atoms with Crippen LogP contribution in [-0.4, -0.2) is 30.3 Å². The Hall–Kier alpha value is -1.66. The van der Waals surface area contributed by atoms with Gasteiger partial charge in [-0.3, -0.25) is 9.69 Å². The van der Waals surface area contributed by atoms with Crippen LogP contribution in [0, 0.1) is 11.3 Å². The number of benzene rings is 1. The molecule has 1 aromatic carbocycles. The Kier molecular flexibility index (Phi) is 3.02. The molecule has 1 fully saturated rings. The molecule has 16 heavy (non-hydrogen) atoms. The minimum atomic E-state index is 0.124. The van der Waals surface area contributed by atoms with Crippen LogP contribution < -0.4 is 0 Å². The van der Waals surface area contributed by atoms with Gasteiger partial charge in [-0.2, -0.15) is 5.26 Å². The molecular weight excluding hydrogens is 200 g/mol. The molecule has 0 unspecified atom stereocenters. The largest absolute Gasteiger partial charge is 0.296 e. The normalized spacial score (nSPS) is 14.8. The molecule has 3 nitrogen and oxygen atoms in total. The number of likely N-dealkylation sites (N-methyl/N-ethyl adjacent to an activating group) is 1. The average molecular weight is 214 g/mol. The molecule has 0 atom stereocenters. The fraction of sp³-hybridized carbons (Fsp3) is 0.385. The molecule has 3 heteroatoms. The van der Waals surface area contributed by atoms with Crippen LogP contribution in [0.3, 0.4) is 0 Å². The predicted molar refractivity (Wildman–Crippen MR) is 61.1 cm³/mol. The van der Waals surface area contributed by atoms with Gasteiger partial charge in [0, 0.05) is 11.6 Å². The summed E-state index contributed by atoms with van der Waals surface area (Å²) in [6.45, 7) is 0.469. The van der Waals surface area contributed by atoms with Gasteiger partial charge in [-0.15, -0.1) is 0 Å². The van der Waals surface area contributed by atoms with Crippen LogP contribution in [-0.2, 0) is 0 Å². The first kappa shape index (κ1) is 10.8. The van der Waals surface area contributed by atoms with Gasteiger partial charge in [0.05, 0.1) is 18.2 Å². The Labute approximate surface area is 95.3 Å². The monoisotopic (exact) mass is 214 g/mol. The zero-order chi connectivity index (χ0) is 11.5. The third-order valence-corrected chi connectivity index (χ3v) is 2.90. The van der Waals surface area contributed by atoms with Crippen LogP contribution in [0.4, 0.5) is 0 Å². The molecule has 0 amide bonds. The molecule has 1 aliphatic rings. The molecule has 1 aliphatic carbocycles. The molecule has 1 aromatic rings. The topological polar surface area (TPSA) is 44.1 Å². The van der Waals surface area contributed by atoms with Crippen molar-refractivity contribution in [2.45, 2.75) is 18.9 Å². The van der Waals surface area contributed by atoms with Crippen LogP contribution in [0.15, 0.2) is 24.3 Å². The molecule has 0 radical (unpaired) electrons. The molecule has 0 heterocycles. The minimum absolute atomic E-state index is 0.124. The summed E-state index contributed by atoms with van der Waals surface area (Å²) in [6.07, 6.45) is 2.41. The SMILES string of the molecule is CN(CC(=O)c1ccc(C#N)cc1)C1CC1. The van der Waals surface area contributed by atoms with E-state index in [0.29, 0.717) is 23.7 Å². The quantitative estimate of drug-likeness (QED) is 0.718. The van der Waals surface area contributed by atoms with Gasteiger partial charge in [0.15, 0.2) is 5.78 Å². The molecular formula is C13H14N2O. The first-order chi connectivity index (χ1) is 7.70. The van der Waals surface area contributed by atoms with Crippen LogP contribution in [0.2, 0.25) is 0 Å². The maximum absolute atomic E-state index is 11.9. The van der Waals surface area contributed by atoms with Gasteiger partial charge < -0.3 is 0 Å². The van der Waals surface area contributed by atoms with Crippen molar-refractivity contribution in [3.05, 3.63) is 35.4 Å². The number of rotatable bonds is 4. The fourth-order valence-corrected chi connectivity index (χ4v) is 1.69. The van der Waals surface area contributed by atoms with Gasteiger partial charge in [0.1, 0.15) is 0 Å². The van der Waals surface area contributed by atoms with Gasteiger partial charge in [0.2, 0.25) is 0 Å². The fourth-order valence-electron chi connectivity index (χ4n) is 1.69. The number of ketones is 1. The number of hydrogen-bond donors (Lipinski definition) is 0. The third kappa shape index (κ3) is 2.47. The molecule has 1 saturated carbocycles. The van der Waals surface area contributed by atoms with E-state index in [2.05, 4.69) is 4.90 Å². The van der Waals surface area contributed by atoms with E-state index in [1.165, 1.54) is 12.8 Å². The highest BCUT2D eigenvalue weighted by atomic mass is 16.1. The Bertz CT molecular complexity index is 426. The second kappa shape index (κ2) is 4.46. The van der Waals surface area contributed by atoms with Crippen molar-refractivity contribution in [1.29, 1.82) is 5.26 Å². The molecule has 0 bridgehead atoms. The summed E-state index contributed by atoms with van der Waals surface area (Å²) in [7, 11) is 1.99. The minimum Gasteiger partial charge on any atom is -0.296 e.